The first-order chi connectivity index (χ1) is 6.36. The summed E-state index contributed by atoms with van der Waals surface area (Å²) in [5.74, 6) is 0.799. The van der Waals surface area contributed by atoms with Crippen molar-refractivity contribution >= 4 is 0 Å². The minimum Gasteiger partial charge on any atom is -0.491 e. The average molecular weight is 178 g/mol. The Morgan fingerprint density at radius 2 is 2.31 bits per heavy atom. The third-order valence-corrected chi connectivity index (χ3v) is 1.64. The fraction of sp³-hybridized carbons (Fsp3) is 0.273. The Balaban J connectivity index is 2.61. The number of ether oxygens (including phenoxy) is 1. The van der Waals surface area contributed by atoms with Crippen molar-refractivity contribution in [1.82, 2.24) is 0 Å². The summed E-state index contributed by atoms with van der Waals surface area (Å²) in [5.41, 5.74) is 1.17. The summed E-state index contributed by atoms with van der Waals surface area (Å²) < 4.78 is 5.26. The van der Waals surface area contributed by atoms with Crippen molar-refractivity contribution in [2.75, 3.05) is 13.2 Å². The van der Waals surface area contributed by atoms with Crippen LogP contribution in [-0.4, -0.2) is 18.3 Å². The molecule has 0 aliphatic carbocycles. The molecule has 0 aliphatic rings. The molecule has 0 saturated carbocycles. The van der Waals surface area contributed by atoms with Crippen LogP contribution in [0.3, 0.4) is 0 Å². The van der Waals surface area contributed by atoms with Gasteiger partial charge in [0, 0.05) is 0 Å². The average Bonchev–Trinajstić information content (AvgIpc) is 2.16. The zero-order chi connectivity index (χ0) is 9.52. The predicted molar refractivity (Wildman–Crippen MR) is 52.9 cm³/mol. The zero-order valence-corrected chi connectivity index (χ0v) is 7.57. The highest BCUT2D eigenvalue weighted by atomic mass is 16.5. The monoisotopic (exact) mass is 178 g/mol. The smallest absolute Gasteiger partial charge is 0.119 e. The Labute approximate surface area is 78.5 Å². The Hall–Kier alpha value is -1.28. The maximum Gasteiger partial charge on any atom is 0.119 e. The van der Waals surface area contributed by atoms with E-state index in [4.69, 9.17) is 9.84 Å². The number of aliphatic hydroxyl groups is 1. The number of hydrogen-bond donors (Lipinski definition) is 1. The van der Waals surface area contributed by atoms with Crippen molar-refractivity contribution in [2.45, 2.75) is 6.42 Å². The summed E-state index contributed by atoms with van der Waals surface area (Å²) in [6, 6.07) is 7.79. The first kappa shape index (κ1) is 9.81. The summed E-state index contributed by atoms with van der Waals surface area (Å²) >= 11 is 0. The van der Waals surface area contributed by atoms with E-state index in [-0.39, 0.29) is 6.61 Å². The molecule has 1 N–H and O–H groups in total. The van der Waals surface area contributed by atoms with Crippen molar-refractivity contribution in [1.29, 1.82) is 0 Å². The quantitative estimate of drug-likeness (QED) is 0.696. The highest BCUT2D eigenvalue weighted by molar-refractivity contribution is 5.29. The number of hydrogen-bond acceptors (Lipinski definition) is 2. The standard InChI is InChI=1S/C11H14O2/c1-2-4-10-5-3-6-11(9-10)13-8-7-12/h2-3,5-6,9,12H,1,4,7-8H2. The minimum atomic E-state index is 0.0473. The SMILES string of the molecule is C=CCc1cccc(OCCO)c1. The fourth-order valence-corrected chi connectivity index (χ4v) is 1.09. The molecule has 0 aliphatic heterocycles. The number of allylic oxidation sites excluding steroid dienone is 1. The van der Waals surface area contributed by atoms with Crippen LogP contribution in [-0.2, 0) is 6.42 Å². The second-order valence-corrected chi connectivity index (χ2v) is 2.71. The zero-order valence-electron chi connectivity index (χ0n) is 7.57. The lowest BCUT2D eigenvalue weighted by Gasteiger charge is -2.04. The van der Waals surface area contributed by atoms with Gasteiger partial charge in [0.1, 0.15) is 12.4 Å². The third-order valence-electron chi connectivity index (χ3n) is 1.64. The number of rotatable bonds is 5. The topological polar surface area (TPSA) is 29.5 Å². The molecule has 0 unspecified atom stereocenters. The summed E-state index contributed by atoms with van der Waals surface area (Å²) in [5, 5.41) is 8.56. The van der Waals surface area contributed by atoms with Gasteiger partial charge in [-0.05, 0) is 24.1 Å². The van der Waals surface area contributed by atoms with Crippen molar-refractivity contribution in [3.8, 4) is 5.75 Å². The predicted octanol–water partition coefficient (Wildman–Crippen LogP) is 1.79. The Kier molecular flexibility index (Phi) is 4.06. The van der Waals surface area contributed by atoms with E-state index in [1.54, 1.807) is 0 Å². The maximum atomic E-state index is 8.56. The van der Waals surface area contributed by atoms with E-state index in [0.717, 1.165) is 12.2 Å². The largest absolute Gasteiger partial charge is 0.491 e. The molecule has 1 aromatic carbocycles. The third kappa shape index (κ3) is 3.30. The molecule has 1 aromatic rings. The van der Waals surface area contributed by atoms with Gasteiger partial charge in [0.25, 0.3) is 0 Å². The van der Waals surface area contributed by atoms with Crippen LogP contribution in [0.5, 0.6) is 5.75 Å². The van der Waals surface area contributed by atoms with Gasteiger partial charge < -0.3 is 9.84 Å². The second kappa shape index (κ2) is 5.38. The van der Waals surface area contributed by atoms with Crippen LogP contribution >= 0.6 is 0 Å². The molecular weight excluding hydrogens is 164 g/mol. The number of aliphatic hydroxyl groups excluding tert-OH is 1. The van der Waals surface area contributed by atoms with Gasteiger partial charge in [-0.25, -0.2) is 0 Å². The molecule has 0 radical (unpaired) electrons. The lowest BCUT2D eigenvalue weighted by molar-refractivity contribution is 0.201. The normalized spacial score (nSPS) is 9.62. The van der Waals surface area contributed by atoms with Crippen LogP contribution in [0.25, 0.3) is 0 Å². The van der Waals surface area contributed by atoms with E-state index in [0.29, 0.717) is 6.61 Å². The van der Waals surface area contributed by atoms with Gasteiger partial charge >= 0.3 is 0 Å². The first-order valence-electron chi connectivity index (χ1n) is 4.30. The van der Waals surface area contributed by atoms with Crippen molar-refractivity contribution in [3.05, 3.63) is 42.5 Å². The lowest BCUT2D eigenvalue weighted by atomic mass is 10.1. The van der Waals surface area contributed by atoms with E-state index in [9.17, 15) is 0 Å². The van der Waals surface area contributed by atoms with Crippen LogP contribution in [0.2, 0.25) is 0 Å². The van der Waals surface area contributed by atoms with Gasteiger partial charge in [0.2, 0.25) is 0 Å². The Morgan fingerprint density at radius 1 is 1.46 bits per heavy atom. The molecule has 0 amide bonds. The van der Waals surface area contributed by atoms with Crippen molar-refractivity contribution in [2.24, 2.45) is 0 Å². The summed E-state index contributed by atoms with van der Waals surface area (Å²) in [4.78, 5) is 0. The molecule has 0 bridgehead atoms. The first-order valence-corrected chi connectivity index (χ1v) is 4.30. The van der Waals surface area contributed by atoms with Crippen molar-refractivity contribution in [3.63, 3.8) is 0 Å². The van der Waals surface area contributed by atoms with E-state index >= 15 is 0 Å². The minimum absolute atomic E-state index is 0.0473. The molecule has 0 aromatic heterocycles. The van der Waals surface area contributed by atoms with Gasteiger partial charge in [-0.2, -0.15) is 0 Å². The van der Waals surface area contributed by atoms with E-state index < -0.39 is 0 Å². The van der Waals surface area contributed by atoms with Gasteiger partial charge in [0.05, 0.1) is 6.61 Å². The molecular formula is C11H14O2. The van der Waals surface area contributed by atoms with Crippen LogP contribution in [0.4, 0.5) is 0 Å². The van der Waals surface area contributed by atoms with Crippen LogP contribution in [0.1, 0.15) is 5.56 Å². The van der Waals surface area contributed by atoms with Gasteiger partial charge in [-0.3, -0.25) is 0 Å². The van der Waals surface area contributed by atoms with Gasteiger partial charge in [-0.1, -0.05) is 18.2 Å². The molecule has 13 heavy (non-hydrogen) atoms. The van der Waals surface area contributed by atoms with Crippen molar-refractivity contribution < 1.29 is 9.84 Å². The molecule has 1 rings (SSSR count). The molecule has 0 saturated heterocycles. The second-order valence-electron chi connectivity index (χ2n) is 2.71. The van der Waals surface area contributed by atoms with Crippen LogP contribution < -0.4 is 4.74 Å². The molecule has 2 nitrogen and oxygen atoms in total. The van der Waals surface area contributed by atoms with E-state index in [1.807, 2.05) is 30.3 Å². The molecule has 70 valence electrons. The molecule has 2 heteroatoms. The maximum absolute atomic E-state index is 8.56. The van der Waals surface area contributed by atoms with E-state index in [2.05, 4.69) is 6.58 Å². The summed E-state index contributed by atoms with van der Waals surface area (Å²) in [7, 11) is 0. The highest BCUT2D eigenvalue weighted by Gasteiger charge is 1.94. The Bertz CT molecular complexity index is 269. The van der Waals surface area contributed by atoms with Gasteiger partial charge in [-0.15, -0.1) is 6.58 Å². The fourth-order valence-electron chi connectivity index (χ4n) is 1.09. The van der Waals surface area contributed by atoms with Crippen LogP contribution in [0, 0.1) is 0 Å². The molecule has 0 atom stereocenters. The molecule has 0 fully saturated rings. The Morgan fingerprint density at radius 3 is 3.00 bits per heavy atom. The van der Waals surface area contributed by atoms with E-state index in [1.165, 1.54) is 5.56 Å². The van der Waals surface area contributed by atoms with Crippen LogP contribution in [0.15, 0.2) is 36.9 Å². The summed E-state index contributed by atoms with van der Waals surface area (Å²) in [6.07, 6.45) is 2.70. The summed E-state index contributed by atoms with van der Waals surface area (Å²) in [6.45, 7) is 4.06. The molecule has 0 heterocycles. The van der Waals surface area contributed by atoms with Gasteiger partial charge in [0.15, 0.2) is 0 Å². The highest BCUT2D eigenvalue weighted by Crippen LogP contribution is 2.13. The lowest BCUT2D eigenvalue weighted by Crippen LogP contribution is -2.01. The molecule has 0 spiro atoms. The number of benzene rings is 1.